The van der Waals surface area contributed by atoms with Crippen LogP contribution in [0.4, 0.5) is 4.39 Å². The molecule has 5 heteroatoms. The highest BCUT2D eigenvalue weighted by atomic mass is 35.5. The van der Waals surface area contributed by atoms with E-state index in [4.69, 9.17) is 11.6 Å². The quantitative estimate of drug-likeness (QED) is 0.787. The van der Waals surface area contributed by atoms with Crippen LogP contribution in [0, 0.1) is 5.82 Å². The number of nitrogens with zero attached hydrogens (tertiary/aromatic N) is 1. The summed E-state index contributed by atoms with van der Waals surface area (Å²) < 4.78 is 13.1. The minimum absolute atomic E-state index is 0.114. The molecular formula is C11H7ClFNOS. The first-order chi connectivity index (χ1) is 7.68. The zero-order chi connectivity index (χ0) is 11.5. The second-order valence-electron chi connectivity index (χ2n) is 3.17. The van der Waals surface area contributed by atoms with Gasteiger partial charge in [0.2, 0.25) is 0 Å². The summed E-state index contributed by atoms with van der Waals surface area (Å²) in [6.45, 7) is 0. The first kappa shape index (κ1) is 11.2. The van der Waals surface area contributed by atoms with Gasteiger partial charge in [-0.25, -0.2) is 4.39 Å². The normalized spacial score (nSPS) is 10.4. The molecule has 0 saturated carbocycles. The molecular weight excluding hydrogens is 249 g/mol. The number of thiazole rings is 1. The zero-order valence-electron chi connectivity index (χ0n) is 8.11. The van der Waals surface area contributed by atoms with Crippen molar-refractivity contribution < 1.29 is 9.18 Å². The van der Waals surface area contributed by atoms with E-state index in [1.54, 1.807) is 11.7 Å². The van der Waals surface area contributed by atoms with Crippen LogP contribution in [0.15, 0.2) is 29.9 Å². The number of ketones is 1. The van der Waals surface area contributed by atoms with Crippen molar-refractivity contribution in [2.75, 3.05) is 0 Å². The Morgan fingerprint density at radius 3 is 3.00 bits per heavy atom. The third kappa shape index (κ3) is 2.28. The van der Waals surface area contributed by atoms with Crippen LogP contribution in [0.25, 0.3) is 0 Å². The number of hydrogen-bond donors (Lipinski definition) is 0. The van der Waals surface area contributed by atoms with Crippen molar-refractivity contribution >= 4 is 28.7 Å². The van der Waals surface area contributed by atoms with E-state index >= 15 is 0 Å². The van der Waals surface area contributed by atoms with Gasteiger partial charge in [0.1, 0.15) is 5.82 Å². The second kappa shape index (κ2) is 4.72. The van der Waals surface area contributed by atoms with Crippen LogP contribution in [0.2, 0.25) is 5.02 Å². The molecule has 0 fully saturated rings. The highest BCUT2D eigenvalue weighted by Crippen LogP contribution is 2.21. The summed E-state index contributed by atoms with van der Waals surface area (Å²) >= 11 is 7.11. The number of rotatable bonds is 3. The molecule has 1 aromatic carbocycles. The molecule has 2 rings (SSSR count). The molecule has 0 spiro atoms. The van der Waals surface area contributed by atoms with Crippen molar-refractivity contribution in [3.05, 3.63) is 51.2 Å². The fraction of sp³-hybridized carbons (Fsp3) is 0.0909. The SMILES string of the molecule is O=C(Cc1cncs1)c1cccc(F)c1Cl. The van der Waals surface area contributed by atoms with Crippen molar-refractivity contribution in [1.82, 2.24) is 4.98 Å². The molecule has 1 aromatic heterocycles. The number of carbonyl (C=O) groups excluding carboxylic acids is 1. The number of aromatic nitrogens is 1. The van der Waals surface area contributed by atoms with Crippen LogP contribution in [0.5, 0.6) is 0 Å². The molecule has 0 N–H and O–H groups in total. The predicted molar refractivity (Wildman–Crippen MR) is 61.6 cm³/mol. The summed E-state index contributed by atoms with van der Waals surface area (Å²) in [5, 5.41) is -0.114. The fourth-order valence-corrected chi connectivity index (χ4v) is 2.13. The molecule has 0 atom stereocenters. The number of hydrogen-bond acceptors (Lipinski definition) is 3. The molecule has 16 heavy (non-hydrogen) atoms. The number of benzene rings is 1. The van der Waals surface area contributed by atoms with Crippen LogP contribution >= 0.6 is 22.9 Å². The molecule has 2 nitrogen and oxygen atoms in total. The largest absolute Gasteiger partial charge is 0.294 e. The lowest BCUT2D eigenvalue weighted by molar-refractivity contribution is 0.0993. The van der Waals surface area contributed by atoms with Crippen molar-refractivity contribution in [2.45, 2.75) is 6.42 Å². The Hall–Kier alpha value is -1.26. The van der Waals surface area contributed by atoms with E-state index in [1.807, 2.05) is 0 Å². The molecule has 0 aliphatic heterocycles. The van der Waals surface area contributed by atoms with Gasteiger partial charge in [-0.3, -0.25) is 9.78 Å². The van der Waals surface area contributed by atoms with E-state index in [-0.39, 0.29) is 22.8 Å². The molecule has 82 valence electrons. The summed E-state index contributed by atoms with van der Waals surface area (Å²) in [7, 11) is 0. The highest BCUT2D eigenvalue weighted by Gasteiger charge is 2.14. The molecule has 2 aromatic rings. The van der Waals surface area contributed by atoms with Gasteiger partial charge < -0.3 is 0 Å². The Kier molecular flexibility index (Phi) is 3.31. The summed E-state index contributed by atoms with van der Waals surface area (Å²) in [4.78, 5) is 16.5. The average molecular weight is 256 g/mol. The maximum absolute atomic E-state index is 13.1. The lowest BCUT2D eigenvalue weighted by Gasteiger charge is -2.02. The smallest absolute Gasteiger partial charge is 0.169 e. The van der Waals surface area contributed by atoms with Gasteiger partial charge in [-0.05, 0) is 12.1 Å². The van der Waals surface area contributed by atoms with Crippen molar-refractivity contribution in [3.63, 3.8) is 0 Å². The van der Waals surface area contributed by atoms with Gasteiger partial charge in [-0.1, -0.05) is 17.7 Å². The zero-order valence-corrected chi connectivity index (χ0v) is 9.69. The third-order valence-corrected chi connectivity index (χ3v) is 3.23. The van der Waals surface area contributed by atoms with Crippen LogP contribution in [0.1, 0.15) is 15.2 Å². The maximum Gasteiger partial charge on any atom is 0.169 e. The molecule has 0 aliphatic rings. The topological polar surface area (TPSA) is 30.0 Å². The maximum atomic E-state index is 13.1. The van der Waals surface area contributed by atoms with E-state index < -0.39 is 5.82 Å². The van der Waals surface area contributed by atoms with Gasteiger partial charge in [0.05, 0.1) is 10.5 Å². The number of halogens is 2. The van der Waals surface area contributed by atoms with Gasteiger partial charge >= 0.3 is 0 Å². The Bertz CT molecular complexity index is 513. The van der Waals surface area contributed by atoms with E-state index in [0.717, 1.165) is 4.88 Å². The summed E-state index contributed by atoms with van der Waals surface area (Å²) in [6.07, 6.45) is 1.82. The van der Waals surface area contributed by atoms with Gasteiger partial charge in [0, 0.05) is 23.1 Å². The fourth-order valence-electron chi connectivity index (χ4n) is 1.30. The molecule has 0 aliphatic carbocycles. The molecule has 0 unspecified atom stereocenters. The lowest BCUT2D eigenvalue weighted by Crippen LogP contribution is -2.04. The summed E-state index contributed by atoms with van der Waals surface area (Å²) in [5.74, 6) is -0.773. The van der Waals surface area contributed by atoms with E-state index in [2.05, 4.69) is 4.98 Å². The Labute approximate surface area is 101 Å². The first-order valence-electron chi connectivity index (χ1n) is 4.53. The average Bonchev–Trinajstić information content (AvgIpc) is 2.74. The number of carbonyl (C=O) groups is 1. The van der Waals surface area contributed by atoms with Crippen LogP contribution in [-0.4, -0.2) is 10.8 Å². The minimum atomic E-state index is -0.572. The van der Waals surface area contributed by atoms with Gasteiger partial charge in [0.25, 0.3) is 0 Å². The minimum Gasteiger partial charge on any atom is -0.294 e. The Balaban J connectivity index is 2.24. The molecule has 0 amide bonds. The lowest BCUT2D eigenvalue weighted by atomic mass is 10.1. The van der Waals surface area contributed by atoms with Crippen molar-refractivity contribution in [2.24, 2.45) is 0 Å². The van der Waals surface area contributed by atoms with E-state index in [0.29, 0.717) is 0 Å². The molecule has 0 bridgehead atoms. The first-order valence-corrected chi connectivity index (χ1v) is 5.79. The van der Waals surface area contributed by atoms with Crippen molar-refractivity contribution in [3.8, 4) is 0 Å². The monoisotopic (exact) mass is 255 g/mol. The van der Waals surface area contributed by atoms with Gasteiger partial charge in [0.15, 0.2) is 5.78 Å². The summed E-state index contributed by atoms with van der Waals surface area (Å²) in [6, 6.07) is 4.22. The highest BCUT2D eigenvalue weighted by molar-refractivity contribution is 7.09. The second-order valence-corrected chi connectivity index (χ2v) is 4.52. The Morgan fingerprint density at radius 2 is 2.31 bits per heavy atom. The van der Waals surface area contributed by atoms with Crippen molar-refractivity contribution in [1.29, 1.82) is 0 Å². The predicted octanol–water partition coefficient (Wildman–Crippen LogP) is 3.36. The van der Waals surface area contributed by atoms with E-state index in [1.165, 1.54) is 29.5 Å². The van der Waals surface area contributed by atoms with E-state index in [9.17, 15) is 9.18 Å². The standard InChI is InChI=1S/C11H7ClFNOS/c12-11-8(2-1-3-9(11)13)10(15)4-7-5-14-6-16-7/h1-3,5-6H,4H2. The van der Waals surface area contributed by atoms with Crippen LogP contribution in [-0.2, 0) is 6.42 Å². The Morgan fingerprint density at radius 1 is 1.50 bits per heavy atom. The molecule has 0 saturated heterocycles. The summed E-state index contributed by atoms with van der Waals surface area (Å²) in [5.41, 5.74) is 1.87. The number of Topliss-reactive ketones (excluding diaryl/α,β-unsaturated/α-hetero) is 1. The molecule has 1 heterocycles. The molecule has 0 radical (unpaired) electrons. The van der Waals surface area contributed by atoms with Gasteiger partial charge in [-0.2, -0.15) is 0 Å². The van der Waals surface area contributed by atoms with Crippen LogP contribution < -0.4 is 0 Å². The van der Waals surface area contributed by atoms with Crippen LogP contribution in [0.3, 0.4) is 0 Å². The third-order valence-electron chi connectivity index (χ3n) is 2.07. The van der Waals surface area contributed by atoms with Gasteiger partial charge in [-0.15, -0.1) is 11.3 Å².